The van der Waals surface area contributed by atoms with Crippen LogP contribution >= 0.6 is 0 Å². The number of hydrogen-bond acceptors (Lipinski definition) is 3. The summed E-state index contributed by atoms with van der Waals surface area (Å²) in [5.74, 6) is 0.582. The van der Waals surface area contributed by atoms with Crippen LogP contribution in [0.2, 0.25) is 0 Å². The summed E-state index contributed by atoms with van der Waals surface area (Å²) in [4.78, 5) is 12.1. The van der Waals surface area contributed by atoms with Crippen LogP contribution in [0.25, 0.3) is 0 Å². The van der Waals surface area contributed by atoms with Crippen molar-refractivity contribution in [2.75, 3.05) is 6.61 Å². The van der Waals surface area contributed by atoms with Crippen molar-refractivity contribution in [1.29, 1.82) is 0 Å². The lowest BCUT2D eigenvalue weighted by Gasteiger charge is -2.34. The number of carbonyl (C=O) groups excluding carboxylic acids is 1. The van der Waals surface area contributed by atoms with Crippen LogP contribution in [0.4, 0.5) is 0 Å². The van der Waals surface area contributed by atoms with E-state index in [9.17, 15) is 4.79 Å². The third-order valence-electron chi connectivity index (χ3n) is 4.71. The van der Waals surface area contributed by atoms with E-state index in [1.165, 1.54) is 32.1 Å². The molecule has 1 aliphatic rings. The first-order valence-corrected chi connectivity index (χ1v) is 8.58. The van der Waals surface area contributed by atoms with Crippen LogP contribution in [0.15, 0.2) is 0 Å². The standard InChI is InChI=1S/C17H33NO2/c1-3-5-6-7-8-9-14-20-16(19)17(18)12-10-15(4-2)11-13-17/h15H,3-14,18H2,1-2H3. The van der Waals surface area contributed by atoms with Crippen molar-refractivity contribution in [3.63, 3.8) is 0 Å². The van der Waals surface area contributed by atoms with Crippen molar-refractivity contribution in [2.45, 2.75) is 90.0 Å². The summed E-state index contributed by atoms with van der Waals surface area (Å²) in [7, 11) is 0. The van der Waals surface area contributed by atoms with Gasteiger partial charge in [-0.25, -0.2) is 0 Å². The summed E-state index contributed by atoms with van der Waals surface area (Å²) in [6.45, 7) is 4.97. The van der Waals surface area contributed by atoms with Gasteiger partial charge in [0.1, 0.15) is 5.54 Å². The zero-order valence-electron chi connectivity index (χ0n) is 13.5. The van der Waals surface area contributed by atoms with E-state index >= 15 is 0 Å². The maximum atomic E-state index is 12.1. The average molecular weight is 283 g/mol. The van der Waals surface area contributed by atoms with Gasteiger partial charge in [0, 0.05) is 0 Å². The van der Waals surface area contributed by atoms with Gasteiger partial charge in [-0.3, -0.25) is 4.79 Å². The van der Waals surface area contributed by atoms with Crippen molar-refractivity contribution >= 4 is 5.97 Å². The molecule has 0 amide bonds. The molecule has 3 heteroatoms. The van der Waals surface area contributed by atoms with Gasteiger partial charge in [-0.15, -0.1) is 0 Å². The molecule has 0 radical (unpaired) electrons. The average Bonchev–Trinajstić information content (AvgIpc) is 2.47. The van der Waals surface area contributed by atoms with Crippen LogP contribution in [-0.2, 0) is 9.53 Å². The van der Waals surface area contributed by atoms with Gasteiger partial charge in [-0.1, -0.05) is 52.4 Å². The van der Waals surface area contributed by atoms with E-state index in [-0.39, 0.29) is 5.97 Å². The van der Waals surface area contributed by atoms with Crippen LogP contribution < -0.4 is 5.73 Å². The third kappa shape index (κ3) is 5.82. The Morgan fingerprint density at radius 1 is 1.10 bits per heavy atom. The number of rotatable bonds is 9. The molecule has 1 fully saturated rings. The number of unbranched alkanes of at least 4 members (excludes halogenated alkanes) is 5. The predicted molar refractivity (Wildman–Crippen MR) is 83.5 cm³/mol. The molecule has 2 N–H and O–H groups in total. The Balaban J connectivity index is 2.13. The van der Waals surface area contributed by atoms with E-state index in [0.717, 1.165) is 44.4 Å². The monoisotopic (exact) mass is 283 g/mol. The molecular weight excluding hydrogens is 250 g/mol. The van der Waals surface area contributed by atoms with Gasteiger partial charge in [-0.05, 0) is 38.0 Å². The normalized spacial score (nSPS) is 26.4. The number of ether oxygens (including phenoxy) is 1. The molecule has 118 valence electrons. The molecule has 1 rings (SSSR count). The molecule has 0 spiro atoms. The first-order chi connectivity index (χ1) is 9.62. The summed E-state index contributed by atoms with van der Waals surface area (Å²) in [5.41, 5.74) is 5.52. The highest BCUT2D eigenvalue weighted by molar-refractivity contribution is 5.80. The fraction of sp³-hybridized carbons (Fsp3) is 0.941. The second-order valence-corrected chi connectivity index (χ2v) is 6.41. The summed E-state index contributed by atoms with van der Waals surface area (Å²) >= 11 is 0. The lowest BCUT2D eigenvalue weighted by atomic mass is 9.76. The third-order valence-corrected chi connectivity index (χ3v) is 4.71. The molecule has 0 aromatic heterocycles. The van der Waals surface area contributed by atoms with Gasteiger partial charge in [0.2, 0.25) is 0 Å². The predicted octanol–water partition coefficient (Wildman–Crippen LogP) is 4.19. The lowest BCUT2D eigenvalue weighted by Crippen LogP contribution is -2.51. The lowest BCUT2D eigenvalue weighted by molar-refractivity contribution is -0.152. The second kappa shape index (κ2) is 9.38. The molecular formula is C17H33NO2. The SMILES string of the molecule is CCCCCCCCOC(=O)C1(N)CCC(CC)CC1. The summed E-state index contributed by atoms with van der Waals surface area (Å²) in [6.07, 6.45) is 12.2. The molecule has 0 aromatic carbocycles. The van der Waals surface area contributed by atoms with E-state index in [0.29, 0.717) is 6.61 Å². The minimum atomic E-state index is -0.701. The second-order valence-electron chi connectivity index (χ2n) is 6.41. The zero-order valence-corrected chi connectivity index (χ0v) is 13.5. The van der Waals surface area contributed by atoms with Crippen LogP contribution in [0.3, 0.4) is 0 Å². The Labute approximate surface area is 124 Å². The number of nitrogens with two attached hydrogens (primary N) is 1. The van der Waals surface area contributed by atoms with Crippen LogP contribution in [0.1, 0.15) is 84.5 Å². The Morgan fingerprint density at radius 2 is 1.70 bits per heavy atom. The molecule has 0 aliphatic heterocycles. The molecule has 20 heavy (non-hydrogen) atoms. The first kappa shape index (κ1) is 17.5. The molecule has 0 aromatic rings. The van der Waals surface area contributed by atoms with Gasteiger partial charge in [0.25, 0.3) is 0 Å². The van der Waals surface area contributed by atoms with Gasteiger partial charge in [0.05, 0.1) is 6.61 Å². The minimum Gasteiger partial charge on any atom is -0.464 e. The molecule has 1 aliphatic carbocycles. The fourth-order valence-electron chi connectivity index (χ4n) is 3.00. The van der Waals surface area contributed by atoms with E-state index < -0.39 is 5.54 Å². The molecule has 0 heterocycles. The molecule has 0 atom stereocenters. The van der Waals surface area contributed by atoms with Crippen LogP contribution in [0, 0.1) is 5.92 Å². The molecule has 3 nitrogen and oxygen atoms in total. The highest BCUT2D eigenvalue weighted by Gasteiger charge is 2.39. The highest BCUT2D eigenvalue weighted by atomic mass is 16.5. The van der Waals surface area contributed by atoms with E-state index in [1.54, 1.807) is 0 Å². The Morgan fingerprint density at radius 3 is 2.30 bits per heavy atom. The van der Waals surface area contributed by atoms with Gasteiger partial charge < -0.3 is 10.5 Å². The van der Waals surface area contributed by atoms with Crippen LogP contribution in [-0.4, -0.2) is 18.1 Å². The van der Waals surface area contributed by atoms with Gasteiger partial charge in [0.15, 0.2) is 0 Å². The van der Waals surface area contributed by atoms with Crippen molar-refractivity contribution < 1.29 is 9.53 Å². The van der Waals surface area contributed by atoms with Crippen molar-refractivity contribution in [1.82, 2.24) is 0 Å². The Hall–Kier alpha value is -0.570. The Kier molecular flexibility index (Phi) is 8.20. The molecule has 1 saturated carbocycles. The molecule has 0 bridgehead atoms. The highest BCUT2D eigenvalue weighted by Crippen LogP contribution is 2.32. The number of carbonyl (C=O) groups is 1. The number of esters is 1. The molecule has 0 saturated heterocycles. The quantitative estimate of drug-likeness (QED) is 0.510. The van der Waals surface area contributed by atoms with E-state index in [1.807, 2.05) is 0 Å². The topological polar surface area (TPSA) is 52.3 Å². The zero-order chi connectivity index (χ0) is 14.8. The van der Waals surface area contributed by atoms with Crippen molar-refractivity contribution in [3.05, 3.63) is 0 Å². The summed E-state index contributed by atoms with van der Waals surface area (Å²) < 4.78 is 5.40. The maximum absolute atomic E-state index is 12.1. The summed E-state index contributed by atoms with van der Waals surface area (Å²) in [5, 5.41) is 0. The fourth-order valence-corrected chi connectivity index (χ4v) is 3.00. The first-order valence-electron chi connectivity index (χ1n) is 8.58. The molecule has 0 unspecified atom stereocenters. The number of hydrogen-bond donors (Lipinski definition) is 1. The Bertz CT molecular complexity index is 270. The van der Waals surface area contributed by atoms with Crippen molar-refractivity contribution in [3.8, 4) is 0 Å². The maximum Gasteiger partial charge on any atom is 0.326 e. The van der Waals surface area contributed by atoms with Crippen LogP contribution in [0.5, 0.6) is 0 Å². The smallest absolute Gasteiger partial charge is 0.326 e. The van der Waals surface area contributed by atoms with Crippen molar-refractivity contribution in [2.24, 2.45) is 11.7 Å². The van der Waals surface area contributed by atoms with E-state index in [4.69, 9.17) is 10.5 Å². The minimum absolute atomic E-state index is 0.166. The van der Waals surface area contributed by atoms with Gasteiger partial charge >= 0.3 is 5.97 Å². The summed E-state index contributed by atoms with van der Waals surface area (Å²) in [6, 6.07) is 0. The largest absolute Gasteiger partial charge is 0.464 e. The van der Waals surface area contributed by atoms with Gasteiger partial charge in [-0.2, -0.15) is 0 Å². The van der Waals surface area contributed by atoms with E-state index in [2.05, 4.69) is 13.8 Å².